The predicted octanol–water partition coefficient (Wildman–Crippen LogP) is 2.23. The fourth-order valence-corrected chi connectivity index (χ4v) is 2.02. The van der Waals surface area contributed by atoms with E-state index < -0.39 is 0 Å². The van der Waals surface area contributed by atoms with E-state index in [9.17, 15) is 9.90 Å². The molecule has 0 bridgehead atoms. The lowest BCUT2D eigenvalue weighted by Crippen LogP contribution is -2.36. The van der Waals surface area contributed by atoms with Crippen LogP contribution in [-0.4, -0.2) is 24.2 Å². The van der Waals surface area contributed by atoms with E-state index in [0.717, 1.165) is 6.42 Å². The zero-order valence-electron chi connectivity index (χ0n) is 12.4. The monoisotopic (exact) mass is 263 g/mol. The highest BCUT2D eigenvalue weighted by atomic mass is 16.3. The van der Waals surface area contributed by atoms with Gasteiger partial charge in [-0.15, -0.1) is 0 Å². The standard InChI is InChI=1S/C16H25NO2/c1-11(2)15(10-18)16(19)17-8-7-14-6-5-12(3)13(4)9-14/h5-6,9,11,15,18H,7-8,10H2,1-4H3,(H,17,19). The van der Waals surface area contributed by atoms with E-state index >= 15 is 0 Å². The lowest BCUT2D eigenvalue weighted by Gasteiger charge is -2.17. The summed E-state index contributed by atoms with van der Waals surface area (Å²) in [6, 6.07) is 6.37. The lowest BCUT2D eigenvalue weighted by atomic mass is 9.96. The van der Waals surface area contributed by atoms with Gasteiger partial charge in [0.05, 0.1) is 12.5 Å². The number of rotatable bonds is 6. The number of aliphatic hydroxyl groups excluding tert-OH is 1. The summed E-state index contributed by atoms with van der Waals surface area (Å²) in [5.74, 6) is -0.201. The van der Waals surface area contributed by atoms with Crippen molar-refractivity contribution < 1.29 is 9.90 Å². The molecule has 3 heteroatoms. The molecule has 2 N–H and O–H groups in total. The van der Waals surface area contributed by atoms with Crippen molar-refractivity contribution in [2.75, 3.05) is 13.2 Å². The molecule has 0 spiro atoms. The smallest absolute Gasteiger partial charge is 0.225 e. The van der Waals surface area contributed by atoms with Crippen LogP contribution >= 0.6 is 0 Å². The molecule has 0 saturated carbocycles. The fourth-order valence-electron chi connectivity index (χ4n) is 2.02. The van der Waals surface area contributed by atoms with Gasteiger partial charge in [0.1, 0.15) is 0 Å². The first-order chi connectivity index (χ1) is 8.95. The molecular weight excluding hydrogens is 238 g/mol. The van der Waals surface area contributed by atoms with Gasteiger partial charge in [0.25, 0.3) is 0 Å². The van der Waals surface area contributed by atoms with Crippen molar-refractivity contribution in [1.82, 2.24) is 5.32 Å². The second kappa shape index (κ2) is 7.29. The number of carbonyl (C=O) groups excluding carboxylic acids is 1. The van der Waals surface area contributed by atoms with E-state index in [2.05, 4.69) is 37.4 Å². The van der Waals surface area contributed by atoms with Crippen molar-refractivity contribution in [3.63, 3.8) is 0 Å². The van der Waals surface area contributed by atoms with Crippen LogP contribution in [0.1, 0.15) is 30.5 Å². The maximum absolute atomic E-state index is 11.9. The molecule has 0 fully saturated rings. The van der Waals surface area contributed by atoms with Crippen LogP contribution in [0.25, 0.3) is 0 Å². The number of aryl methyl sites for hydroxylation is 2. The van der Waals surface area contributed by atoms with E-state index in [4.69, 9.17) is 0 Å². The number of amides is 1. The van der Waals surface area contributed by atoms with E-state index in [1.807, 2.05) is 13.8 Å². The van der Waals surface area contributed by atoms with Gasteiger partial charge >= 0.3 is 0 Å². The van der Waals surface area contributed by atoms with Crippen molar-refractivity contribution >= 4 is 5.91 Å². The van der Waals surface area contributed by atoms with Crippen LogP contribution < -0.4 is 5.32 Å². The summed E-state index contributed by atoms with van der Waals surface area (Å²) in [6.07, 6.45) is 0.823. The average molecular weight is 263 g/mol. The summed E-state index contributed by atoms with van der Waals surface area (Å²) >= 11 is 0. The number of benzene rings is 1. The van der Waals surface area contributed by atoms with E-state index in [1.54, 1.807) is 0 Å². The van der Waals surface area contributed by atoms with Gasteiger partial charge in [-0.3, -0.25) is 4.79 Å². The van der Waals surface area contributed by atoms with Gasteiger partial charge in [0.2, 0.25) is 5.91 Å². The second-order valence-electron chi connectivity index (χ2n) is 5.49. The summed E-state index contributed by atoms with van der Waals surface area (Å²) in [5.41, 5.74) is 3.79. The molecule has 1 aromatic carbocycles. The molecule has 1 aromatic rings. The van der Waals surface area contributed by atoms with Crippen LogP contribution in [0.15, 0.2) is 18.2 Å². The Balaban J connectivity index is 2.45. The average Bonchev–Trinajstić information content (AvgIpc) is 2.34. The molecule has 0 saturated heterocycles. The number of aliphatic hydroxyl groups is 1. The molecule has 19 heavy (non-hydrogen) atoms. The molecular formula is C16H25NO2. The molecule has 0 aromatic heterocycles. The first kappa shape index (κ1) is 15.7. The summed E-state index contributed by atoms with van der Waals surface area (Å²) in [7, 11) is 0. The van der Waals surface area contributed by atoms with Crippen LogP contribution in [0.5, 0.6) is 0 Å². The second-order valence-corrected chi connectivity index (χ2v) is 5.49. The van der Waals surface area contributed by atoms with Crippen molar-refractivity contribution in [3.05, 3.63) is 34.9 Å². The summed E-state index contributed by atoms with van der Waals surface area (Å²) in [4.78, 5) is 11.9. The SMILES string of the molecule is Cc1ccc(CCNC(=O)C(CO)C(C)C)cc1C. The number of hydrogen-bond acceptors (Lipinski definition) is 2. The maximum atomic E-state index is 11.9. The zero-order chi connectivity index (χ0) is 14.4. The Kier molecular flexibility index (Phi) is 6.03. The highest BCUT2D eigenvalue weighted by molar-refractivity contribution is 5.78. The Morgan fingerprint density at radius 2 is 1.95 bits per heavy atom. The molecule has 1 atom stereocenters. The number of hydrogen-bond donors (Lipinski definition) is 2. The normalized spacial score (nSPS) is 12.5. The minimum absolute atomic E-state index is 0.0543. The molecule has 1 rings (SSSR count). The highest BCUT2D eigenvalue weighted by Gasteiger charge is 2.20. The predicted molar refractivity (Wildman–Crippen MR) is 78.0 cm³/mol. The third kappa shape index (κ3) is 4.67. The van der Waals surface area contributed by atoms with Crippen LogP contribution in [-0.2, 0) is 11.2 Å². The third-order valence-corrected chi connectivity index (χ3v) is 3.62. The Bertz CT molecular complexity index is 427. The van der Waals surface area contributed by atoms with Crippen molar-refractivity contribution in [1.29, 1.82) is 0 Å². The van der Waals surface area contributed by atoms with Crippen LogP contribution in [0.4, 0.5) is 0 Å². The number of carbonyl (C=O) groups is 1. The molecule has 0 radical (unpaired) electrons. The highest BCUT2D eigenvalue weighted by Crippen LogP contribution is 2.11. The molecule has 1 unspecified atom stereocenters. The Hall–Kier alpha value is -1.35. The topological polar surface area (TPSA) is 49.3 Å². The van der Waals surface area contributed by atoms with Gasteiger partial charge in [0.15, 0.2) is 0 Å². The summed E-state index contributed by atoms with van der Waals surface area (Å²) in [5, 5.41) is 12.1. The van der Waals surface area contributed by atoms with E-state index in [-0.39, 0.29) is 24.3 Å². The molecule has 1 amide bonds. The minimum atomic E-state index is -0.306. The maximum Gasteiger partial charge on any atom is 0.225 e. The number of nitrogens with one attached hydrogen (secondary N) is 1. The molecule has 0 aliphatic heterocycles. The minimum Gasteiger partial charge on any atom is -0.396 e. The molecule has 0 aliphatic carbocycles. The zero-order valence-corrected chi connectivity index (χ0v) is 12.4. The fraction of sp³-hybridized carbons (Fsp3) is 0.562. The van der Waals surface area contributed by atoms with Crippen LogP contribution in [0.2, 0.25) is 0 Å². The van der Waals surface area contributed by atoms with Gasteiger partial charge in [-0.25, -0.2) is 0 Å². The Morgan fingerprint density at radius 1 is 1.26 bits per heavy atom. The van der Waals surface area contributed by atoms with E-state index in [1.165, 1.54) is 16.7 Å². The van der Waals surface area contributed by atoms with Gasteiger partial charge in [-0.1, -0.05) is 32.0 Å². The van der Waals surface area contributed by atoms with Crippen LogP contribution in [0, 0.1) is 25.7 Å². The van der Waals surface area contributed by atoms with Crippen molar-refractivity contribution in [2.45, 2.75) is 34.1 Å². The van der Waals surface area contributed by atoms with Gasteiger partial charge in [0, 0.05) is 6.54 Å². The third-order valence-electron chi connectivity index (χ3n) is 3.62. The first-order valence-corrected chi connectivity index (χ1v) is 6.90. The molecule has 0 heterocycles. The van der Waals surface area contributed by atoms with Gasteiger partial charge in [-0.05, 0) is 42.9 Å². The lowest BCUT2D eigenvalue weighted by molar-refractivity contribution is -0.127. The van der Waals surface area contributed by atoms with E-state index in [0.29, 0.717) is 6.54 Å². The quantitative estimate of drug-likeness (QED) is 0.827. The Morgan fingerprint density at radius 3 is 2.47 bits per heavy atom. The van der Waals surface area contributed by atoms with Crippen molar-refractivity contribution in [3.8, 4) is 0 Å². The Labute approximate surface area is 116 Å². The first-order valence-electron chi connectivity index (χ1n) is 6.90. The van der Waals surface area contributed by atoms with Gasteiger partial charge in [-0.2, -0.15) is 0 Å². The molecule has 3 nitrogen and oxygen atoms in total. The largest absolute Gasteiger partial charge is 0.396 e. The van der Waals surface area contributed by atoms with Gasteiger partial charge < -0.3 is 10.4 Å². The molecule has 106 valence electrons. The van der Waals surface area contributed by atoms with Crippen LogP contribution in [0.3, 0.4) is 0 Å². The summed E-state index contributed by atoms with van der Waals surface area (Å²) in [6.45, 7) is 8.61. The van der Waals surface area contributed by atoms with Crippen molar-refractivity contribution in [2.24, 2.45) is 11.8 Å². The summed E-state index contributed by atoms with van der Waals surface area (Å²) < 4.78 is 0. The molecule has 0 aliphatic rings.